The molecule has 1 unspecified atom stereocenters. The summed E-state index contributed by atoms with van der Waals surface area (Å²) in [6.07, 6.45) is 4.01. The van der Waals surface area contributed by atoms with Crippen LogP contribution in [-0.2, 0) is 9.84 Å². The highest BCUT2D eigenvalue weighted by molar-refractivity contribution is 7.90. The molecule has 26 heavy (non-hydrogen) atoms. The molecule has 1 aromatic carbocycles. The molecule has 1 aliphatic carbocycles. The Hall–Kier alpha value is -1.76. The molecule has 1 saturated carbocycles. The minimum absolute atomic E-state index is 0.0891. The summed E-state index contributed by atoms with van der Waals surface area (Å²) in [5.41, 5.74) is 0.712. The Balaban J connectivity index is 1.67. The third-order valence-corrected chi connectivity index (χ3v) is 6.20. The Bertz CT molecular complexity index is 798. The van der Waals surface area contributed by atoms with Crippen LogP contribution in [0.15, 0.2) is 29.3 Å². The van der Waals surface area contributed by atoms with Crippen molar-refractivity contribution in [3.8, 4) is 5.75 Å². The second-order valence-electron chi connectivity index (χ2n) is 8.30. The highest BCUT2D eigenvalue weighted by Gasteiger charge is 2.45. The lowest BCUT2D eigenvalue weighted by atomic mass is 9.90. The summed E-state index contributed by atoms with van der Waals surface area (Å²) in [5, 5.41) is 6.82. The van der Waals surface area contributed by atoms with Crippen LogP contribution < -0.4 is 15.4 Å². The number of hydrogen-bond acceptors (Lipinski definition) is 4. The molecule has 144 valence electrons. The number of rotatable bonds is 5. The fourth-order valence-electron chi connectivity index (χ4n) is 3.67. The number of para-hydroxylation sites is 1. The summed E-state index contributed by atoms with van der Waals surface area (Å²) in [6.45, 7) is 4.78. The highest BCUT2D eigenvalue weighted by Crippen LogP contribution is 2.46. The van der Waals surface area contributed by atoms with Crippen LogP contribution >= 0.6 is 0 Å². The number of ether oxygens (including phenoxy) is 1. The van der Waals surface area contributed by atoms with Gasteiger partial charge >= 0.3 is 0 Å². The van der Waals surface area contributed by atoms with Crippen molar-refractivity contribution in [3.05, 3.63) is 29.8 Å². The maximum atomic E-state index is 11.6. The van der Waals surface area contributed by atoms with Gasteiger partial charge < -0.3 is 15.4 Å². The van der Waals surface area contributed by atoms with E-state index < -0.39 is 9.84 Å². The second-order valence-corrected chi connectivity index (χ2v) is 10.4. The van der Waals surface area contributed by atoms with Crippen LogP contribution in [0.3, 0.4) is 0 Å². The number of guanidine groups is 1. The van der Waals surface area contributed by atoms with Gasteiger partial charge in [-0.25, -0.2) is 8.42 Å². The molecule has 0 spiro atoms. The monoisotopic (exact) mass is 379 g/mol. The van der Waals surface area contributed by atoms with Crippen LogP contribution in [0.25, 0.3) is 0 Å². The van der Waals surface area contributed by atoms with E-state index in [4.69, 9.17) is 4.74 Å². The minimum atomic E-state index is -2.97. The molecule has 2 aliphatic rings. The molecule has 7 heteroatoms. The number of aliphatic imine (C=N–C) groups is 1. The van der Waals surface area contributed by atoms with Crippen LogP contribution in [0.2, 0.25) is 0 Å². The van der Waals surface area contributed by atoms with Crippen LogP contribution in [0.5, 0.6) is 5.75 Å². The first kappa shape index (κ1) is 19.0. The highest BCUT2D eigenvalue weighted by atomic mass is 32.2. The van der Waals surface area contributed by atoms with Crippen molar-refractivity contribution in [3.63, 3.8) is 0 Å². The third-order valence-electron chi connectivity index (χ3n) is 5.07. The van der Waals surface area contributed by atoms with Crippen LogP contribution in [0.1, 0.15) is 44.7 Å². The molecule has 1 fully saturated rings. The molecular weight excluding hydrogens is 350 g/mol. The molecule has 1 heterocycles. The summed E-state index contributed by atoms with van der Waals surface area (Å²) in [4.78, 5) is 4.33. The predicted octanol–water partition coefficient (Wildman–Crippen LogP) is 2.28. The van der Waals surface area contributed by atoms with E-state index in [1.807, 2.05) is 18.2 Å². The van der Waals surface area contributed by atoms with Gasteiger partial charge in [0.05, 0.1) is 11.8 Å². The van der Waals surface area contributed by atoms with Gasteiger partial charge in [0.15, 0.2) is 5.96 Å². The molecule has 0 radical (unpaired) electrons. The van der Waals surface area contributed by atoms with Gasteiger partial charge in [-0.2, -0.15) is 0 Å². The Morgan fingerprint density at radius 1 is 1.31 bits per heavy atom. The second kappa shape index (κ2) is 6.76. The number of sulfone groups is 1. The molecule has 1 atom stereocenters. The zero-order valence-corrected chi connectivity index (χ0v) is 16.8. The van der Waals surface area contributed by atoms with Crippen molar-refractivity contribution >= 4 is 15.8 Å². The summed E-state index contributed by atoms with van der Waals surface area (Å²) < 4.78 is 29.4. The molecule has 6 nitrogen and oxygen atoms in total. The van der Waals surface area contributed by atoms with Gasteiger partial charge in [-0.1, -0.05) is 18.2 Å². The third kappa shape index (κ3) is 4.69. The molecule has 0 saturated heterocycles. The van der Waals surface area contributed by atoms with E-state index in [2.05, 4.69) is 35.5 Å². The van der Waals surface area contributed by atoms with Crippen LogP contribution in [0, 0.1) is 5.41 Å². The molecule has 1 aromatic rings. The maximum Gasteiger partial charge on any atom is 0.191 e. The van der Waals surface area contributed by atoms with E-state index in [-0.39, 0.29) is 22.8 Å². The Labute approximate surface area is 156 Å². The Morgan fingerprint density at radius 2 is 2.00 bits per heavy atom. The van der Waals surface area contributed by atoms with Crippen molar-refractivity contribution in [2.24, 2.45) is 10.4 Å². The summed E-state index contributed by atoms with van der Waals surface area (Å²) in [7, 11) is -1.24. The molecule has 0 bridgehead atoms. The molecule has 2 N–H and O–H groups in total. The van der Waals surface area contributed by atoms with Crippen molar-refractivity contribution in [2.75, 3.05) is 25.6 Å². The van der Waals surface area contributed by atoms with Gasteiger partial charge in [0.2, 0.25) is 0 Å². The van der Waals surface area contributed by atoms with Gasteiger partial charge in [-0.05, 0) is 32.8 Å². The largest absolute Gasteiger partial charge is 0.487 e. The fourth-order valence-corrected chi connectivity index (χ4v) is 5.17. The lowest BCUT2D eigenvalue weighted by Gasteiger charge is -2.38. The van der Waals surface area contributed by atoms with E-state index in [0.29, 0.717) is 12.5 Å². The van der Waals surface area contributed by atoms with E-state index in [1.165, 1.54) is 6.26 Å². The Kier molecular flexibility index (Phi) is 4.94. The molecule has 1 aliphatic heterocycles. The topological polar surface area (TPSA) is 79.8 Å². The number of fused-ring (bicyclic) bond motifs is 1. The van der Waals surface area contributed by atoms with Gasteiger partial charge in [-0.15, -0.1) is 0 Å². The summed E-state index contributed by atoms with van der Waals surface area (Å²) >= 11 is 0. The van der Waals surface area contributed by atoms with Gasteiger partial charge in [-0.3, -0.25) is 4.99 Å². The van der Waals surface area contributed by atoms with Crippen LogP contribution in [-0.4, -0.2) is 45.6 Å². The number of benzene rings is 1. The number of hydrogen-bond donors (Lipinski definition) is 2. The fraction of sp³-hybridized carbons (Fsp3) is 0.632. The van der Waals surface area contributed by atoms with Crippen molar-refractivity contribution in [2.45, 2.75) is 44.8 Å². The summed E-state index contributed by atoms with van der Waals surface area (Å²) in [5.74, 6) is 1.83. The summed E-state index contributed by atoms with van der Waals surface area (Å²) in [6, 6.07) is 8.14. The molecule has 0 amide bonds. The van der Waals surface area contributed by atoms with Gasteiger partial charge in [0, 0.05) is 37.2 Å². The quantitative estimate of drug-likeness (QED) is 0.606. The first-order chi connectivity index (χ1) is 12.1. The van der Waals surface area contributed by atoms with E-state index in [0.717, 1.165) is 30.6 Å². The molecule has 0 aromatic heterocycles. The van der Waals surface area contributed by atoms with Gasteiger partial charge in [0.25, 0.3) is 0 Å². The van der Waals surface area contributed by atoms with Crippen molar-refractivity contribution in [1.82, 2.24) is 10.6 Å². The normalized spacial score (nSPS) is 23.5. The van der Waals surface area contributed by atoms with E-state index >= 15 is 0 Å². The Morgan fingerprint density at radius 3 is 2.62 bits per heavy atom. The minimum Gasteiger partial charge on any atom is -0.487 e. The first-order valence-electron chi connectivity index (χ1n) is 9.04. The predicted molar refractivity (Wildman–Crippen MR) is 104 cm³/mol. The number of nitrogens with one attached hydrogen (secondary N) is 2. The zero-order valence-electron chi connectivity index (χ0n) is 16.0. The SMILES string of the molecule is CN=C(NCC1(CS(C)(=O)=O)CC1)NC1CC(C)(C)Oc2ccccc21. The number of nitrogens with zero attached hydrogens (tertiary/aromatic N) is 1. The maximum absolute atomic E-state index is 11.6. The smallest absolute Gasteiger partial charge is 0.191 e. The molecular formula is C19H29N3O3S. The first-order valence-corrected chi connectivity index (χ1v) is 11.1. The van der Waals surface area contributed by atoms with Gasteiger partial charge in [0.1, 0.15) is 21.2 Å². The molecule has 3 rings (SSSR count). The van der Waals surface area contributed by atoms with Crippen LogP contribution in [0.4, 0.5) is 0 Å². The average molecular weight is 380 g/mol. The van der Waals surface area contributed by atoms with Crippen molar-refractivity contribution in [1.29, 1.82) is 0 Å². The van der Waals surface area contributed by atoms with E-state index in [9.17, 15) is 8.42 Å². The lowest BCUT2D eigenvalue weighted by Crippen LogP contribution is -2.46. The lowest BCUT2D eigenvalue weighted by molar-refractivity contribution is 0.0694. The zero-order chi connectivity index (χ0) is 19.0. The average Bonchev–Trinajstić information content (AvgIpc) is 3.28. The van der Waals surface area contributed by atoms with Crippen molar-refractivity contribution < 1.29 is 13.2 Å². The standard InChI is InChI=1S/C19H29N3O3S/c1-18(2)11-15(14-7-5-6-8-16(14)25-18)22-17(20-3)21-12-19(9-10-19)13-26(4,23)24/h5-8,15H,9-13H2,1-4H3,(H2,20,21,22). The van der Waals surface area contributed by atoms with E-state index in [1.54, 1.807) is 7.05 Å².